The van der Waals surface area contributed by atoms with Crippen LogP contribution >= 0.6 is 0 Å². The zero-order chi connectivity index (χ0) is 13.7. The number of nitrogens with zero attached hydrogens (tertiary/aromatic N) is 2. The number of halogens is 1. The largest absolute Gasteiger partial charge is 0.423 e. The SMILES string of the molecule is CCCNC(C)c1nnc(Cc2cccc(F)c2)o1. The Labute approximate surface area is 112 Å². The van der Waals surface area contributed by atoms with E-state index in [1.165, 1.54) is 12.1 Å². The second kappa shape index (κ2) is 6.43. The fourth-order valence-corrected chi connectivity index (χ4v) is 1.78. The fourth-order valence-electron chi connectivity index (χ4n) is 1.78. The zero-order valence-electron chi connectivity index (χ0n) is 11.2. The van der Waals surface area contributed by atoms with E-state index < -0.39 is 0 Å². The molecule has 4 nitrogen and oxygen atoms in total. The van der Waals surface area contributed by atoms with Gasteiger partial charge in [0, 0.05) is 0 Å². The molecule has 1 N–H and O–H groups in total. The molecule has 0 fully saturated rings. The van der Waals surface area contributed by atoms with Crippen LogP contribution in [-0.2, 0) is 6.42 Å². The van der Waals surface area contributed by atoms with Crippen molar-refractivity contribution in [3.8, 4) is 0 Å². The summed E-state index contributed by atoms with van der Waals surface area (Å²) >= 11 is 0. The Morgan fingerprint density at radius 3 is 2.95 bits per heavy atom. The first-order chi connectivity index (χ1) is 9.19. The van der Waals surface area contributed by atoms with Gasteiger partial charge in [0.25, 0.3) is 0 Å². The topological polar surface area (TPSA) is 51.0 Å². The van der Waals surface area contributed by atoms with Gasteiger partial charge in [-0.15, -0.1) is 10.2 Å². The first-order valence-corrected chi connectivity index (χ1v) is 6.49. The monoisotopic (exact) mass is 263 g/mol. The third-order valence-corrected chi connectivity index (χ3v) is 2.80. The third kappa shape index (κ3) is 3.86. The highest BCUT2D eigenvalue weighted by molar-refractivity contribution is 5.19. The first-order valence-electron chi connectivity index (χ1n) is 6.49. The lowest BCUT2D eigenvalue weighted by atomic mass is 10.1. The molecule has 0 aliphatic carbocycles. The van der Waals surface area contributed by atoms with E-state index in [4.69, 9.17) is 4.42 Å². The van der Waals surface area contributed by atoms with Crippen LogP contribution in [0.15, 0.2) is 28.7 Å². The van der Waals surface area contributed by atoms with Crippen molar-refractivity contribution in [2.45, 2.75) is 32.7 Å². The van der Waals surface area contributed by atoms with Crippen LogP contribution in [-0.4, -0.2) is 16.7 Å². The Kier molecular flexibility index (Phi) is 4.63. The van der Waals surface area contributed by atoms with Gasteiger partial charge in [-0.25, -0.2) is 4.39 Å². The summed E-state index contributed by atoms with van der Waals surface area (Å²) in [4.78, 5) is 0. The van der Waals surface area contributed by atoms with Gasteiger partial charge in [-0.2, -0.15) is 0 Å². The Hall–Kier alpha value is -1.75. The Morgan fingerprint density at radius 2 is 2.21 bits per heavy atom. The molecule has 1 atom stereocenters. The molecule has 0 bridgehead atoms. The van der Waals surface area contributed by atoms with Crippen molar-refractivity contribution in [3.63, 3.8) is 0 Å². The molecule has 0 radical (unpaired) electrons. The first kappa shape index (κ1) is 13.7. The summed E-state index contributed by atoms with van der Waals surface area (Å²) in [6.07, 6.45) is 1.50. The second-order valence-corrected chi connectivity index (χ2v) is 4.52. The normalized spacial score (nSPS) is 12.6. The van der Waals surface area contributed by atoms with Gasteiger partial charge in [-0.3, -0.25) is 0 Å². The van der Waals surface area contributed by atoms with Crippen molar-refractivity contribution in [2.24, 2.45) is 0 Å². The van der Waals surface area contributed by atoms with Gasteiger partial charge in [0.1, 0.15) is 5.82 Å². The molecule has 0 amide bonds. The second-order valence-electron chi connectivity index (χ2n) is 4.52. The quantitative estimate of drug-likeness (QED) is 0.870. The van der Waals surface area contributed by atoms with Crippen LogP contribution < -0.4 is 5.32 Å². The summed E-state index contributed by atoms with van der Waals surface area (Å²) in [5.41, 5.74) is 0.823. The molecule has 0 aliphatic heterocycles. The third-order valence-electron chi connectivity index (χ3n) is 2.80. The zero-order valence-corrected chi connectivity index (χ0v) is 11.2. The van der Waals surface area contributed by atoms with Crippen LogP contribution in [0.1, 0.15) is 43.7 Å². The van der Waals surface area contributed by atoms with Gasteiger partial charge in [0.2, 0.25) is 11.8 Å². The average Bonchev–Trinajstić information content (AvgIpc) is 2.84. The molecular formula is C14H18FN3O. The lowest BCUT2D eigenvalue weighted by Gasteiger charge is -2.07. The maximum atomic E-state index is 13.1. The minimum absolute atomic E-state index is 0.0358. The van der Waals surface area contributed by atoms with Crippen LogP contribution in [0.4, 0.5) is 4.39 Å². The van der Waals surface area contributed by atoms with Gasteiger partial charge in [-0.1, -0.05) is 19.1 Å². The highest BCUT2D eigenvalue weighted by Gasteiger charge is 2.13. The summed E-state index contributed by atoms with van der Waals surface area (Å²) in [6, 6.07) is 6.44. The van der Waals surface area contributed by atoms with Crippen molar-refractivity contribution in [1.82, 2.24) is 15.5 Å². The van der Waals surface area contributed by atoms with E-state index in [0.29, 0.717) is 18.2 Å². The minimum Gasteiger partial charge on any atom is -0.423 e. The van der Waals surface area contributed by atoms with Gasteiger partial charge in [0.05, 0.1) is 12.5 Å². The Morgan fingerprint density at radius 1 is 1.37 bits per heavy atom. The molecule has 2 rings (SSSR count). The van der Waals surface area contributed by atoms with Gasteiger partial charge < -0.3 is 9.73 Å². The number of benzene rings is 1. The average molecular weight is 263 g/mol. The van der Waals surface area contributed by atoms with Crippen molar-refractivity contribution in [3.05, 3.63) is 47.4 Å². The van der Waals surface area contributed by atoms with E-state index >= 15 is 0 Å². The summed E-state index contributed by atoms with van der Waals surface area (Å²) in [6.45, 7) is 4.99. The number of nitrogens with one attached hydrogen (secondary N) is 1. The molecule has 0 saturated heterocycles. The van der Waals surface area contributed by atoms with E-state index in [0.717, 1.165) is 18.5 Å². The molecule has 1 unspecified atom stereocenters. The predicted octanol–water partition coefficient (Wildman–Crippen LogP) is 2.86. The van der Waals surface area contributed by atoms with Crippen molar-refractivity contribution >= 4 is 0 Å². The van der Waals surface area contributed by atoms with Gasteiger partial charge >= 0.3 is 0 Å². The molecule has 5 heteroatoms. The molecular weight excluding hydrogens is 245 g/mol. The molecule has 1 aromatic heterocycles. The smallest absolute Gasteiger partial charge is 0.233 e. The van der Waals surface area contributed by atoms with E-state index in [9.17, 15) is 4.39 Å². The lowest BCUT2D eigenvalue weighted by Crippen LogP contribution is -2.19. The number of rotatable bonds is 6. The Bertz CT molecular complexity index is 527. The number of aromatic nitrogens is 2. The maximum absolute atomic E-state index is 13.1. The fraction of sp³-hybridized carbons (Fsp3) is 0.429. The molecule has 2 aromatic rings. The number of hydrogen-bond donors (Lipinski definition) is 1. The van der Waals surface area contributed by atoms with Crippen LogP contribution in [0.3, 0.4) is 0 Å². The molecule has 19 heavy (non-hydrogen) atoms. The van der Waals surface area contributed by atoms with Crippen molar-refractivity contribution < 1.29 is 8.81 Å². The van der Waals surface area contributed by atoms with E-state index in [-0.39, 0.29) is 11.9 Å². The summed E-state index contributed by atoms with van der Waals surface area (Å²) in [7, 11) is 0. The van der Waals surface area contributed by atoms with Gasteiger partial charge in [-0.05, 0) is 37.6 Å². The highest BCUT2D eigenvalue weighted by Crippen LogP contribution is 2.14. The van der Waals surface area contributed by atoms with Crippen LogP contribution in [0.2, 0.25) is 0 Å². The summed E-state index contributed by atoms with van der Waals surface area (Å²) in [5.74, 6) is 0.820. The Balaban J connectivity index is 2.01. The van der Waals surface area contributed by atoms with Crippen LogP contribution in [0.25, 0.3) is 0 Å². The van der Waals surface area contributed by atoms with E-state index in [1.54, 1.807) is 6.07 Å². The maximum Gasteiger partial charge on any atom is 0.233 e. The lowest BCUT2D eigenvalue weighted by molar-refractivity contribution is 0.397. The molecule has 1 heterocycles. The van der Waals surface area contributed by atoms with Crippen LogP contribution in [0, 0.1) is 5.82 Å². The summed E-state index contributed by atoms with van der Waals surface area (Å²) < 4.78 is 18.6. The highest BCUT2D eigenvalue weighted by atomic mass is 19.1. The van der Waals surface area contributed by atoms with Crippen molar-refractivity contribution in [2.75, 3.05) is 6.54 Å². The molecule has 1 aromatic carbocycles. The standard InChI is InChI=1S/C14H18FN3O/c1-3-7-16-10(2)14-18-17-13(19-14)9-11-5-4-6-12(15)8-11/h4-6,8,10,16H,3,7,9H2,1-2H3. The molecule has 0 saturated carbocycles. The van der Waals surface area contributed by atoms with Gasteiger partial charge in [0.15, 0.2) is 0 Å². The molecule has 102 valence electrons. The van der Waals surface area contributed by atoms with E-state index in [2.05, 4.69) is 22.4 Å². The summed E-state index contributed by atoms with van der Waals surface area (Å²) in [5, 5.41) is 11.3. The minimum atomic E-state index is -0.254. The van der Waals surface area contributed by atoms with Crippen LogP contribution in [0.5, 0.6) is 0 Å². The molecule has 0 aliphatic rings. The predicted molar refractivity (Wildman–Crippen MR) is 70.2 cm³/mol. The molecule has 0 spiro atoms. The number of hydrogen-bond acceptors (Lipinski definition) is 4. The van der Waals surface area contributed by atoms with E-state index in [1.807, 2.05) is 13.0 Å². The van der Waals surface area contributed by atoms with Crippen molar-refractivity contribution in [1.29, 1.82) is 0 Å².